The van der Waals surface area contributed by atoms with Crippen molar-refractivity contribution in [1.82, 2.24) is 15.5 Å². The molecular weight excluding hydrogens is 312 g/mol. The third-order valence-corrected chi connectivity index (χ3v) is 5.14. The average molecular weight is 355 g/mol. The van der Waals surface area contributed by atoms with Crippen LogP contribution in [0, 0.1) is 11.8 Å². The Hall–Kier alpha value is -0.810. The van der Waals surface area contributed by atoms with Crippen molar-refractivity contribution < 1.29 is 4.74 Å². The second-order valence-electron chi connectivity index (χ2n) is 7.68. The number of ether oxygens (including phenoxy) is 1. The van der Waals surface area contributed by atoms with Gasteiger partial charge in [-0.1, -0.05) is 20.8 Å². The molecule has 0 bridgehead atoms. The smallest absolute Gasteiger partial charge is 0.190 e. The minimum atomic E-state index is 0.322. The fourth-order valence-electron chi connectivity index (χ4n) is 3.33. The lowest BCUT2D eigenvalue weighted by atomic mass is 9.99. The van der Waals surface area contributed by atoms with E-state index in [0.29, 0.717) is 12.0 Å². The van der Waals surface area contributed by atoms with Crippen molar-refractivity contribution in [3.8, 4) is 0 Å². The van der Waals surface area contributed by atoms with Crippen LogP contribution < -0.4 is 10.6 Å². The maximum absolute atomic E-state index is 5.79. The molecule has 1 atom stereocenters. The molecule has 5 heteroatoms. The van der Waals surface area contributed by atoms with Gasteiger partial charge in [0.1, 0.15) is 0 Å². The van der Waals surface area contributed by atoms with Crippen molar-refractivity contribution in [3.05, 3.63) is 0 Å². The topological polar surface area (TPSA) is 48.9 Å². The van der Waals surface area contributed by atoms with Crippen LogP contribution in [-0.4, -0.2) is 63.3 Å². The molecule has 0 aromatic rings. The van der Waals surface area contributed by atoms with Crippen LogP contribution in [0.25, 0.3) is 0 Å². The molecule has 5 nitrogen and oxygen atoms in total. The SMILES string of the molecule is CCOC(CCNC(=NC)NCCCCN1CCC(C)CC1)C(C)C. The molecule has 0 aromatic carbocycles. The summed E-state index contributed by atoms with van der Waals surface area (Å²) >= 11 is 0. The molecule has 1 rings (SSSR count). The molecule has 2 N–H and O–H groups in total. The zero-order valence-electron chi connectivity index (χ0n) is 17.3. The number of hydrogen-bond donors (Lipinski definition) is 2. The Labute approximate surface area is 156 Å². The van der Waals surface area contributed by atoms with Crippen molar-refractivity contribution >= 4 is 5.96 Å². The highest BCUT2D eigenvalue weighted by Crippen LogP contribution is 2.16. The van der Waals surface area contributed by atoms with E-state index >= 15 is 0 Å². The quantitative estimate of drug-likeness (QED) is 0.340. The predicted molar refractivity (Wildman–Crippen MR) is 108 cm³/mol. The van der Waals surface area contributed by atoms with E-state index in [2.05, 4.69) is 48.2 Å². The maximum atomic E-state index is 5.79. The van der Waals surface area contributed by atoms with Gasteiger partial charge in [-0.05, 0) is 70.5 Å². The Morgan fingerprint density at radius 2 is 1.84 bits per heavy atom. The Morgan fingerprint density at radius 1 is 1.16 bits per heavy atom. The van der Waals surface area contributed by atoms with Gasteiger partial charge < -0.3 is 20.3 Å². The van der Waals surface area contributed by atoms with Crippen LogP contribution in [0.1, 0.15) is 59.8 Å². The highest BCUT2D eigenvalue weighted by molar-refractivity contribution is 5.79. The molecule has 25 heavy (non-hydrogen) atoms. The molecule has 1 fully saturated rings. The fraction of sp³-hybridized carbons (Fsp3) is 0.950. The van der Waals surface area contributed by atoms with Crippen LogP contribution in [0.4, 0.5) is 0 Å². The molecule has 0 saturated carbocycles. The minimum absolute atomic E-state index is 0.322. The van der Waals surface area contributed by atoms with Crippen molar-refractivity contribution in [1.29, 1.82) is 0 Å². The third kappa shape index (κ3) is 10.0. The molecule has 1 saturated heterocycles. The van der Waals surface area contributed by atoms with Gasteiger partial charge in [0.15, 0.2) is 5.96 Å². The highest BCUT2D eigenvalue weighted by atomic mass is 16.5. The van der Waals surface area contributed by atoms with Crippen LogP contribution in [0.5, 0.6) is 0 Å². The Bertz CT molecular complexity index is 352. The summed E-state index contributed by atoms with van der Waals surface area (Å²) in [4.78, 5) is 6.93. The second-order valence-corrected chi connectivity index (χ2v) is 7.68. The number of piperidine rings is 1. The molecule has 1 unspecified atom stereocenters. The molecule has 1 aliphatic heterocycles. The molecule has 1 aliphatic rings. The molecule has 1 heterocycles. The minimum Gasteiger partial charge on any atom is -0.378 e. The molecule has 0 amide bonds. The number of unbranched alkanes of at least 4 members (excludes halogenated alkanes) is 1. The Kier molecular flexibility index (Phi) is 11.9. The molecular formula is C20H42N4O. The number of likely N-dealkylation sites (tertiary alicyclic amines) is 1. The molecule has 0 spiro atoms. The summed E-state index contributed by atoms with van der Waals surface area (Å²) in [5.74, 6) is 2.38. The van der Waals surface area contributed by atoms with Crippen LogP contribution in [-0.2, 0) is 4.74 Å². The van der Waals surface area contributed by atoms with Gasteiger partial charge in [-0.15, -0.1) is 0 Å². The molecule has 148 valence electrons. The van der Waals surface area contributed by atoms with Gasteiger partial charge in [0.2, 0.25) is 0 Å². The van der Waals surface area contributed by atoms with E-state index in [0.717, 1.165) is 38.0 Å². The lowest BCUT2D eigenvalue weighted by Gasteiger charge is -2.30. The van der Waals surface area contributed by atoms with Crippen LogP contribution in [0.2, 0.25) is 0 Å². The van der Waals surface area contributed by atoms with E-state index in [1.165, 1.54) is 45.3 Å². The van der Waals surface area contributed by atoms with Crippen LogP contribution >= 0.6 is 0 Å². The fourth-order valence-corrected chi connectivity index (χ4v) is 3.33. The number of guanidine groups is 1. The van der Waals surface area contributed by atoms with Crippen LogP contribution in [0.15, 0.2) is 4.99 Å². The standard InChI is InChI=1S/C20H42N4O/c1-6-25-19(17(2)3)9-13-23-20(21-5)22-12-7-8-14-24-15-10-18(4)11-16-24/h17-19H,6-16H2,1-5H3,(H2,21,22,23). The van der Waals surface area contributed by atoms with Crippen molar-refractivity contribution in [2.24, 2.45) is 16.8 Å². The van der Waals surface area contributed by atoms with Gasteiger partial charge in [-0.25, -0.2) is 0 Å². The maximum Gasteiger partial charge on any atom is 0.190 e. The first-order chi connectivity index (χ1) is 12.1. The summed E-state index contributed by atoms with van der Waals surface area (Å²) in [7, 11) is 1.84. The summed E-state index contributed by atoms with van der Waals surface area (Å²) in [5, 5.41) is 6.84. The van der Waals surface area contributed by atoms with Crippen molar-refractivity contribution in [2.45, 2.75) is 65.9 Å². The molecule has 0 aromatic heterocycles. The molecule has 0 radical (unpaired) electrons. The van der Waals surface area contributed by atoms with Gasteiger partial charge in [0.25, 0.3) is 0 Å². The third-order valence-electron chi connectivity index (χ3n) is 5.14. The van der Waals surface area contributed by atoms with Gasteiger partial charge in [-0.2, -0.15) is 0 Å². The largest absolute Gasteiger partial charge is 0.378 e. The lowest BCUT2D eigenvalue weighted by molar-refractivity contribution is 0.0258. The normalized spacial score (nSPS) is 18.6. The summed E-state index contributed by atoms with van der Waals surface area (Å²) in [6.45, 7) is 15.4. The lowest BCUT2D eigenvalue weighted by Crippen LogP contribution is -2.40. The van der Waals surface area contributed by atoms with Crippen molar-refractivity contribution in [2.75, 3.05) is 46.4 Å². The van der Waals surface area contributed by atoms with E-state index in [4.69, 9.17) is 4.74 Å². The number of nitrogens with zero attached hydrogens (tertiary/aromatic N) is 2. The zero-order valence-corrected chi connectivity index (χ0v) is 17.3. The van der Waals surface area contributed by atoms with E-state index in [-0.39, 0.29) is 0 Å². The number of hydrogen-bond acceptors (Lipinski definition) is 3. The van der Waals surface area contributed by atoms with E-state index in [1.807, 2.05) is 7.05 Å². The highest BCUT2D eigenvalue weighted by Gasteiger charge is 2.15. The monoisotopic (exact) mass is 354 g/mol. The van der Waals surface area contributed by atoms with E-state index in [1.54, 1.807) is 0 Å². The summed E-state index contributed by atoms with van der Waals surface area (Å²) in [5.41, 5.74) is 0. The van der Waals surface area contributed by atoms with Gasteiger partial charge in [-0.3, -0.25) is 4.99 Å². The number of aliphatic imine (C=N–C) groups is 1. The Morgan fingerprint density at radius 3 is 2.44 bits per heavy atom. The second kappa shape index (κ2) is 13.4. The van der Waals surface area contributed by atoms with E-state index in [9.17, 15) is 0 Å². The zero-order chi connectivity index (χ0) is 18.5. The van der Waals surface area contributed by atoms with Gasteiger partial charge >= 0.3 is 0 Å². The van der Waals surface area contributed by atoms with Crippen molar-refractivity contribution in [3.63, 3.8) is 0 Å². The van der Waals surface area contributed by atoms with Crippen LogP contribution in [0.3, 0.4) is 0 Å². The first kappa shape index (κ1) is 22.2. The number of rotatable bonds is 11. The summed E-state index contributed by atoms with van der Waals surface area (Å²) < 4.78 is 5.79. The van der Waals surface area contributed by atoms with E-state index < -0.39 is 0 Å². The summed E-state index contributed by atoms with van der Waals surface area (Å²) in [6, 6.07) is 0. The predicted octanol–water partition coefficient (Wildman–Crippen LogP) is 3.11. The van der Waals surface area contributed by atoms with Gasteiger partial charge in [0, 0.05) is 26.7 Å². The summed E-state index contributed by atoms with van der Waals surface area (Å²) in [6.07, 6.45) is 6.53. The van der Waals surface area contributed by atoms with Gasteiger partial charge in [0.05, 0.1) is 6.10 Å². The first-order valence-electron chi connectivity index (χ1n) is 10.3. The molecule has 0 aliphatic carbocycles. The first-order valence-corrected chi connectivity index (χ1v) is 10.3. The average Bonchev–Trinajstić information content (AvgIpc) is 2.60. The Balaban J connectivity index is 2.07. The number of nitrogens with one attached hydrogen (secondary N) is 2.